The van der Waals surface area contributed by atoms with Gasteiger partial charge in [0.1, 0.15) is 28.4 Å². The summed E-state index contributed by atoms with van der Waals surface area (Å²) < 4.78 is 51.2. The van der Waals surface area contributed by atoms with Crippen molar-refractivity contribution in [1.82, 2.24) is 20.2 Å². The van der Waals surface area contributed by atoms with Crippen molar-refractivity contribution in [3.8, 4) is 17.2 Å². The Morgan fingerprint density at radius 1 is 1.05 bits per heavy atom. The Hall–Kier alpha value is -4.09. The van der Waals surface area contributed by atoms with E-state index >= 15 is 0 Å². The average Bonchev–Trinajstić information content (AvgIpc) is 3.40. The van der Waals surface area contributed by atoms with Crippen LogP contribution in [0, 0.1) is 0 Å². The van der Waals surface area contributed by atoms with E-state index in [2.05, 4.69) is 63.0 Å². The molecule has 0 amide bonds. The van der Waals surface area contributed by atoms with Crippen molar-refractivity contribution < 1.29 is 22.3 Å². The molecule has 3 N–H and O–H groups in total. The number of oxazole rings is 1. The van der Waals surface area contributed by atoms with E-state index in [1.54, 1.807) is 6.07 Å². The number of piperazine rings is 1. The van der Waals surface area contributed by atoms with Crippen LogP contribution in [0.15, 0.2) is 59.5 Å². The molecule has 1 aliphatic rings. The second-order valence-electron chi connectivity index (χ2n) is 9.69. The Morgan fingerprint density at radius 2 is 1.77 bits per heavy atom. The Bertz CT molecular complexity index is 1510. The van der Waals surface area contributed by atoms with Crippen LogP contribution in [0.3, 0.4) is 0 Å². The number of fused-ring (bicyclic) bond motifs is 1. The number of nitrogens with one attached hydrogen (secondary N) is 1. The molecule has 40 heavy (non-hydrogen) atoms. The van der Waals surface area contributed by atoms with Crippen LogP contribution in [0.25, 0.3) is 28.1 Å². The molecule has 0 saturated carbocycles. The normalized spacial score (nSPS) is 14.5. The predicted octanol–water partition coefficient (Wildman–Crippen LogP) is 4.89. The lowest BCUT2D eigenvalue weighted by Crippen LogP contribution is -2.44. The van der Waals surface area contributed by atoms with E-state index in [4.69, 9.17) is 14.9 Å². The van der Waals surface area contributed by atoms with Crippen molar-refractivity contribution in [2.45, 2.75) is 19.3 Å². The highest BCUT2D eigenvalue weighted by Gasteiger charge is 2.33. The average molecular weight is 553 g/mol. The molecule has 3 heterocycles. The molecule has 0 bridgehead atoms. The molecule has 210 valence electrons. The summed E-state index contributed by atoms with van der Waals surface area (Å²) in [5.41, 5.74) is 8.70. The first kappa shape index (κ1) is 27.5. The number of methoxy groups -OCH3 is 1. The summed E-state index contributed by atoms with van der Waals surface area (Å²) in [5.74, 6) is 0.811. The Morgan fingerprint density at radius 3 is 2.42 bits per heavy atom. The van der Waals surface area contributed by atoms with Crippen LogP contribution in [-0.2, 0) is 19.3 Å². The largest absolute Gasteiger partial charge is 0.494 e. The van der Waals surface area contributed by atoms with Crippen LogP contribution in [0.1, 0.15) is 22.7 Å². The van der Waals surface area contributed by atoms with Gasteiger partial charge in [-0.05, 0) is 49.0 Å². The van der Waals surface area contributed by atoms with Crippen molar-refractivity contribution in [1.29, 1.82) is 0 Å². The van der Waals surface area contributed by atoms with Gasteiger partial charge < -0.3 is 30.0 Å². The molecule has 0 atom stereocenters. The summed E-state index contributed by atoms with van der Waals surface area (Å²) in [6.07, 6.45) is -4.59. The molecule has 2 aromatic heterocycles. The van der Waals surface area contributed by atoms with Crippen molar-refractivity contribution in [2.75, 3.05) is 45.2 Å². The minimum absolute atomic E-state index is 0.0563. The van der Waals surface area contributed by atoms with Gasteiger partial charge in [0, 0.05) is 49.4 Å². The summed E-state index contributed by atoms with van der Waals surface area (Å²) >= 11 is 0. The van der Waals surface area contributed by atoms with Gasteiger partial charge in [-0.1, -0.05) is 18.7 Å². The summed E-state index contributed by atoms with van der Waals surface area (Å²) in [6, 6.07) is 13.9. The van der Waals surface area contributed by atoms with Gasteiger partial charge in [0.05, 0.1) is 19.4 Å². The number of nitrogens with two attached hydrogens (primary N) is 1. The van der Waals surface area contributed by atoms with Gasteiger partial charge in [0.15, 0.2) is 0 Å². The number of rotatable bonds is 8. The zero-order valence-corrected chi connectivity index (χ0v) is 22.4. The molecule has 0 aliphatic carbocycles. The number of anilines is 1. The minimum Gasteiger partial charge on any atom is -0.494 e. The number of halogens is 3. The minimum atomic E-state index is -4.59. The molecule has 5 rings (SSSR count). The van der Waals surface area contributed by atoms with Crippen LogP contribution in [0.2, 0.25) is 0 Å². The summed E-state index contributed by atoms with van der Waals surface area (Å²) in [5, 5.41) is 3.69. The van der Waals surface area contributed by atoms with Crippen molar-refractivity contribution >= 4 is 22.3 Å². The molecule has 1 saturated heterocycles. The zero-order chi connectivity index (χ0) is 28.4. The number of nitrogens with zero attached hydrogens (tertiary/aromatic N) is 4. The third-order valence-corrected chi connectivity index (χ3v) is 7.04. The van der Waals surface area contributed by atoms with Gasteiger partial charge in [-0.3, -0.25) is 0 Å². The van der Waals surface area contributed by atoms with E-state index in [1.807, 2.05) is 0 Å². The van der Waals surface area contributed by atoms with Crippen molar-refractivity contribution in [3.05, 3.63) is 77.8 Å². The molecule has 0 unspecified atom stereocenters. The lowest BCUT2D eigenvalue weighted by Gasteiger charge is -2.34. The number of hydrogen-bond acceptors (Lipinski definition) is 8. The Balaban J connectivity index is 1.35. The number of hydrogen-bond donors (Lipinski definition) is 2. The number of ether oxygens (including phenoxy) is 1. The highest BCUT2D eigenvalue weighted by molar-refractivity contribution is 5.96. The molecule has 1 fully saturated rings. The maximum atomic E-state index is 13.3. The van der Waals surface area contributed by atoms with Crippen molar-refractivity contribution in [2.24, 2.45) is 5.73 Å². The molecule has 4 aromatic rings. The fourth-order valence-electron chi connectivity index (χ4n) is 4.72. The molecule has 1 aliphatic heterocycles. The first-order valence-electron chi connectivity index (χ1n) is 12.9. The summed E-state index contributed by atoms with van der Waals surface area (Å²) in [6.45, 7) is 8.80. The fraction of sp³-hybridized carbons (Fsp3) is 0.310. The van der Waals surface area contributed by atoms with Crippen LogP contribution in [0.5, 0.6) is 5.75 Å². The van der Waals surface area contributed by atoms with E-state index in [0.29, 0.717) is 34.6 Å². The summed E-state index contributed by atoms with van der Waals surface area (Å²) in [4.78, 5) is 13.1. The van der Waals surface area contributed by atoms with Gasteiger partial charge in [-0.15, -0.1) is 0 Å². The number of alkyl halides is 3. The van der Waals surface area contributed by atoms with Gasteiger partial charge in [0.25, 0.3) is 0 Å². The fourth-order valence-corrected chi connectivity index (χ4v) is 4.72. The molecular formula is C29H31F3N6O2. The van der Waals surface area contributed by atoms with Gasteiger partial charge in [0.2, 0.25) is 5.89 Å². The zero-order valence-electron chi connectivity index (χ0n) is 22.4. The van der Waals surface area contributed by atoms with Crippen LogP contribution in [0.4, 0.5) is 18.9 Å². The monoisotopic (exact) mass is 552 g/mol. The topological polar surface area (TPSA) is 92.7 Å². The molecule has 11 heteroatoms. The highest BCUT2D eigenvalue weighted by Crippen LogP contribution is 2.37. The smallest absolute Gasteiger partial charge is 0.433 e. The van der Waals surface area contributed by atoms with E-state index in [-0.39, 0.29) is 23.7 Å². The molecule has 0 radical (unpaired) electrons. The maximum absolute atomic E-state index is 13.3. The van der Waals surface area contributed by atoms with Crippen molar-refractivity contribution in [3.63, 3.8) is 0 Å². The Kier molecular flexibility index (Phi) is 7.68. The number of benzene rings is 2. The quantitative estimate of drug-likeness (QED) is 0.319. The highest BCUT2D eigenvalue weighted by atomic mass is 19.4. The molecule has 8 nitrogen and oxygen atoms in total. The number of pyridine rings is 1. The maximum Gasteiger partial charge on any atom is 0.433 e. The van der Waals surface area contributed by atoms with Crippen LogP contribution < -0.4 is 20.7 Å². The number of aromatic nitrogens is 2. The predicted molar refractivity (Wildman–Crippen MR) is 149 cm³/mol. The molecule has 2 aromatic carbocycles. The van der Waals surface area contributed by atoms with E-state index in [0.717, 1.165) is 37.8 Å². The summed E-state index contributed by atoms with van der Waals surface area (Å²) in [7, 11) is 3.51. The van der Waals surface area contributed by atoms with E-state index in [9.17, 15) is 13.2 Å². The lowest BCUT2D eigenvalue weighted by molar-refractivity contribution is -0.140. The third kappa shape index (κ3) is 5.61. The van der Waals surface area contributed by atoms with Gasteiger partial charge in [-0.25, -0.2) is 9.97 Å². The first-order valence-corrected chi connectivity index (χ1v) is 12.9. The third-order valence-electron chi connectivity index (χ3n) is 7.04. The molecular weight excluding hydrogens is 521 g/mol. The second-order valence-corrected chi connectivity index (χ2v) is 9.69. The Labute approximate surface area is 230 Å². The van der Waals surface area contributed by atoms with E-state index < -0.39 is 11.9 Å². The van der Waals surface area contributed by atoms with Gasteiger partial charge in [-0.2, -0.15) is 13.2 Å². The second kappa shape index (κ2) is 11.2. The standard InChI is InChI=1S/C29H31F3N6O2/c1-18(34-17-19-4-6-20(7-5-19)38-14-12-37(2)13-15-38)26-24(16-33)40-28(36-26)22-8-10-23(39-3)27-21(22)9-11-25(35-27)29(30,31)32/h4-11,34H,1,12-17,33H2,2-3H3. The number of likely N-dealkylation sites (N-methyl/N-ethyl adjacent to an activating group) is 1. The SMILES string of the molecule is C=C(NCc1ccc(N2CCN(C)CC2)cc1)c1nc(-c2ccc(OC)c3nc(C(F)(F)F)ccc23)oc1CN. The van der Waals surface area contributed by atoms with Crippen LogP contribution in [-0.4, -0.2) is 55.2 Å². The van der Waals surface area contributed by atoms with E-state index in [1.165, 1.54) is 24.9 Å². The van der Waals surface area contributed by atoms with Gasteiger partial charge >= 0.3 is 6.18 Å². The van der Waals surface area contributed by atoms with Crippen LogP contribution >= 0.6 is 0 Å². The molecule has 0 spiro atoms. The lowest BCUT2D eigenvalue weighted by atomic mass is 10.1. The first-order chi connectivity index (χ1) is 19.2.